The maximum Gasteiger partial charge on any atom is 0.138 e. The zero-order valence-corrected chi connectivity index (χ0v) is 14.1. The Hall–Kier alpha value is -2.28. The molecule has 1 aromatic carbocycles. The molecule has 2 atom stereocenters. The van der Waals surface area contributed by atoms with Crippen LogP contribution in [0.3, 0.4) is 0 Å². The summed E-state index contributed by atoms with van der Waals surface area (Å²) >= 11 is 0. The molecule has 3 rings (SSSR count). The van der Waals surface area contributed by atoms with E-state index in [0.29, 0.717) is 11.4 Å². The molecule has 0 saturated heterocycles. The molecule has 6 nitrogen and oxygen atoms in total. The summed E-state index contributed by atoms with van der Waals surface area (Å²) in [5.41, 5.74) is 3.33. The van der Waals surface area contributed by atoms with E-state index in [4.69, 9.17) is 4.52 Å². The van der Waals surface area contributed by atoms with Gasteiger partial charge in [0.15, 0.2) is 0 Å². The molecule has 3 aromatic rings. The van der Waals surface area contributed by atoms with Crippen LogP contribution in [-0.4, -0.2) is 24.4 Å². The average molecular weight is 330 g/mol. The maximum absolute atomic E-state index is 12.6. The van der Waals surface area contributed by atoms with Gasteiger partial charge < -0.3 is 4.52 Å². The van der Waals surface area contributed by atoms with Crippen LogP contribution in [0.1, 0.15) is 34.9 Å². The molecule has 7 heteroatoms. The summed E-state index contributed by atoms with van der Waals surface area (Å²) in [7, 11) is -1.12. The van der Waals surface area contributed by atoms with E-state index < -0.39 is 10.8 Å². The van der Waals surface area contributed by atoms with Crippen LogP contribution in [0, 0.1) is 13.8 Å². The molecule has 0 aliphatic rings. The molecule has 0 radical (unpaired) electrons. The van der Waals surface area contributed by atoms with Crippen molar-refractivity contribution in [1.82, 2.24) is 20.2 Å². The molecule has 23 heavy (non-hydrogen) atoms. The van der Waals surface area contributed by atoms with E-state index in [9.17, 15) is 4.21 Å². The minimum absolute atomic E-state index is 0.221. The molecular formula is C16H18N4O2S. The van der Waals surface area contributed by atoms with E-state index in [-0.39, 0.29) is 5.25 Å². The highest BCUT2D eigenvalue weighted by Gasteiger charge is 2.21. The lowest BCUT2D eigenvalue weighted by Gasteiger charge is -2.08. The first kappa shape index (κ1) is 15.6. The monoisotopic (exact) mass is 330 g/mol. The summed E-state index contributed by atoms with van der Waals surface area (Å²) in [5.74, 6) is 1.12. The zero-order valence-electron chi connectivity index (χ0n) is 13.3. The lowest BCUT2D eigenvalue weighted by molar-refractivity contribution is 0.392. The van der Waals surface area contributed by atoms with Crippen molar-refractivity contribution in [3.05, 3.63) is 59.2 Å². The second-order valence-electron chi connectivity index (χ2n) is 5.39. The van der Waals surface area contributed by atoms with Gasteiger partial charge in [-0.05, 0) is 32.9 Å². The fraction of sp³-hybridized carbons (Fsp3) is 0.312. The minimum Gasteiger partial charge on any atom is -0.361 e. The lowest BCUT2D eigenvalue weighted by atomic mass is 10.2. The molecule has 0 aliphatic heterocycles. The van der Waals surface area contributed by atoms with Crippen molar-refractivity contribution in [3.8, 4) is 5.69 Å². The molecular weight excluding hydrogens is 312 g/mol. The van der Waals surface area contributed by atoms with Gasteiger partial charge in [-0.15, -0.1) is 5.10 Å². The van der Waals surface area contributed by atoms with Crippen molar-refractivity contribution >= 4 is 10.8 Å². The highest BCUT2D eigenvalue weighted by molar-refractivity contribution is 7.84. The van der Waals surface area contributed by atoms with E-state index in [2.05, 4.69) is 15.5 Å². The summed E-state index contributed by atoms with van der Waals surface area (Å²) in [6, 6.07) is 9.72. The van der Waals surface area contributed by atoms with Crippen LogP contribution in [0.15, 0.2) is 41.1 Å². The number of nitrogens with zero attached hydrogens (tertiary/aromatic N) is 4. The Bertz CT molecular complexity index is 806. The van der Waals surface area contributed by atoms with E-state index in [0.717, 1.165) is 22.7 Å². The number of hydrogen-bond donors (Lipinski definition) is 0. The number of benzene rings is 1. The molecule has 2 heterocycles. The van der Waals surface area contributed by atoms with Crippen LogP contribution in [0.25, 0.3) is 5.69 Å². The van der Waals surface area contributed by atoms with Gasteiger partial charge in [-0.3, -0.25) is 4.21 Å². The first-order valence-electron chi connectivity index (χ1n) is 7.33. The predicted octanol–water partition coefficient (Wildman–Crippen LogP) is 2.88. The number of aromatic nitrogens is 4. The van der Waals surface area contributed by atoms with Crippen LogP contribution < -0.4 is 0 Å². The summed E-state index contributed by atoms with van der Waals surface area (Å²) in [4.78, 5) is 0. The Balaban J connectivity index is 1.77. The third kappa shape index (κ3) is 3.24. The fourth-order valence-corrected chi connectivity index (χ4v) is 3.60. The zero-order chi connectivity index (χ0) is 16.4. The Morgan fingerprint density at radius 3 is 2.65 bits per heavy atom. The van der Waals surface area contributed by atoms with Crippen LogP contribution in [-0.2, 0) is 16.6 Å². The van der Waals surface area contributed by atoms with Crippen LogP contribution in [0.2, 0.25) is 0 Å². The Kier molecular flexibility index (Phi) is 4.38. The Morgan fingerprint density at radius 2 is 2.00 bits per heavy atom. The van der Waals surface area contributed by atoms with Crippen molar-refractivity contribution in [2.24, 2.45) is 0 Å². The van der Waals surface area contributed by atoms with Crippen molar-refractivity contribution in [2.75, 3.05) is 0 Å². The Morgan fingerprint density at radius 1 is 1.26 bits per heavy atom. The van der Waals surface area contributed by atoms with Crippen molar-refractivity contribution in [2.45, 2.75) is 31.8 Å². The van der Waals surface area contributed by atoms with E-state index >= 15 is 0 Å². The summed E-state index contributed by atoms with van der Waals surface area (Å²) in [6.07, 6.45) is 1.82. The summed E-state index contributed by atoms with van der Waals surface area (Å²) in [5, 5.41) is 12.0. The van der Waals surface area contributed by atoms with E-state index in [1.165, 1.54) is 0 Å². The molecule has 0 aliphatic carbocycles. The third-order valence-electron chi connectivity index (χ3n) is 3.81. The van der Waals surface area contributed by atoms with E-state index in [1.807, 2.05) is 57.3 Å². The number of hydrogen-bond acceptors (Lipinski definition) is 5. The normalized spacial score (nSPS) is 13.9. The highest BCUT2D eigenvalue weighted by Crippen LogP contribution is 2.23. The molecule has 2 aromatic heterocycles. The molecule has 0 fully saturated rings. The predicted molar refractivity (Wildman–Crippen MR) is 87.6 cm³/mol. The van der Waals surface area contributed by atoms with Gasteiger partial charge in [-0.25, -0.2) is 4.68 Å². The second kappa shape index (κ2) is 6.45. The minimum atomic E-state index is -1.12. The first-order chi connectivity index (χ1) is 11.1. The van der Waals surface area contributed by atoms with Crippen LogP contribution in [0.5, 0.6) is 0 Å². The smallest absolute Gasteiger partial charge is 0.138 e. The number of rotatable bonds is 5. The highest BCUT2D eigenvalue weighted by atomic mass is 32.2. The summed E-state index contributed by atoms with van der Waals surface area (Å²) in [6.45, 7) is 5.59. The van der Waals surface area contributed by atoms with Crippen LogP contribution in [0.4, 0.5) is 0 Å². The van der Waals surface area contributed by atoms with Gasteiger partial charge in [0.2, 0.25) is 0 Å². The van der Waals surface area contributed by atoms with Gasteiger partial charge in [0.25, 0.3) is 0 Å². The molecule has 0 spiro atoms. The van der Waals surface area contributed by atoms with Crippen molar-refractivity contribution in [1.29, 1.82) is 0 Å². The topological polar surface area (TPSA) is 73.8 Å². The largest absolute Gasteiger partial charge is 0.361 e. The molecule has 0 saturated carbocycles. The molecule has 120 valence electrons. The van der Waals surface area contributed by atoms with Gasteiger partial charge in [-0.2, -0.15) is 0 Å². The Labute approximate surface area is 137 Å². The first-order valence-corrected chi connectivity index (χ1v) is 8.71. The quantitative estimate of drug-likeness (QED) is 0.719. The van der Waals surface area contributed by atoms with E-state index in [1.54, 1.807) is 4.68 Å². The fourth-order valence-electron chi connectivity index (χ4n) is 2.28. The molecule has 0 unspecified atom stereocenters. The second-order valence-corrected chi connectivity index (χ2v) is 7.15. The van der Waals surface area contributed by atoms with Crippen LogP contribution >= 0.6 is 0 Å². The molecule has 0 N–H and O–H groups in total. The standard InChI is InChI=1S/C16H18N4O2S/c1-11-15(12(2)22-18-11)10-23(21)13(3)16-9-20(19-17-16)14-7-5-4-6-8-14/h4-9,13H,10H2,1-3H3/t13-,23-/m1/s1. The van der Waals surface area contributed by atoms with Gasteiger partial charge in [0.1, 0.15) is 5.76 Å². The number of aryl methyl sites for hydroxylation is 2. The van der Waals surface area contributed by atoms with Gasteiger partial charge >= 0.3 is 0 Å². The molecule has 0 bridgehead atoms. The number of para-hydroxylation sites is 1. The SMILES string of the molecule is Cc1noc(C)c1C[S@@](=O)[C@H](C)c1cn(-c2ccccc2)nn1. The van der Waals surface area contributed by atoms with Gasteiger partial charge in [-0.1, -0.05) is 28.6 Å². The van der Waals surface area contributed by atoms with Crippen molar-refractivity contribution < 1.29 is 8.73 Å². The van der Waals surface area contributed by atoms with Crippen molar-refractivity contribution in [3.63, 3.8) is 0 Å². The van der Waals surface area contributed by atoms with Gasteiger partial charge in [0.05, 0.1) is 34.3 Å². The summed E-state index contributed by atoms with van der Waals surface area (Å²) < 4.78 is 19.4. The van der Waals surface area contributed by atoms with Gasteiger partial charge in [0, 0.05) is 16.4 Å². The maximum atomic E-state index is 12.6. The third-order valence-corrected chi connectivity index (χ3v) is 5.41. The molecule has 0 amide bonds. The average Bonchev–Trinajstić information content (AvgIpc) is 3.17. The lowest BCUT2D eigenvalue weighted by Crippen LogP contribution is -2.07.